The molecule has 12 heterocycles. The average molecular weight is 1090 g/mol. The predicted molar refractivity (Wildman–Crippen MR) is 310 cm³/mol. The first kappa shape index (κ1) is 53.6. The first-order valence-corrected chi connectivity index (χ1v) is 37.9. The van der Waals surface area contributed by atoms with Gasteiger partial charge in [0.1, 0.15) is 42.9 Å². The Hall–Kier alpha value is -1.74. The third-order valence-corrected chi connectivity index (χ3v) is 47.8. The molecule has 0 saturated carbocycles. The lowest BCUT2D eigenvalue weighted by molar-refractivity contribution is 0.549. The number of fused-ring (bicyclic) bond motifs is 12. The van der Waals surface area contributed by atoms with Gasteiger partial charge in [-0.2, -0.15) is 0 Å². The maximum Gasteiger partial charge on any atom is 0.141 e. The molecule has 0 N–H and O–H groups in total. The van der Waals surface area contributed by atoms with Crippen molar-refractivity contribution in [3.8, 4) is 0 Å². The zero-order chi connectivity index (χ0) is 54.1. The molecule has 0 spiro atoms. The van der Waals surface area contributed by atoms with Crippen LogP contribution in [-0.2, 0) is 27.4 Å². The van der Waals surface area contributed by atoms with Crippen LogP contribution in [0.5, 0.6) is 0 Å². The van der Waals surface area contributed by atoms with Crippen molar-refractivity contribution in [1.82, 2.24) is 0 Å². The van der Waals surface area contributed by atoms with Crippen molar-refractivity contribution >= 4 is 42.9 Å². The number of hydrogen-bond acceptors (Lipinski definition) is 6. The molecule has 12 atom stereocenters. The summed E-state index contributed by atoms with van der Waals surface area (Å²) in [5.74, 6) is 0. The third kappa shape index (κ3) is 5.44. The quantitative estimate of drug-likeness (QED) is 0.261. The Morgan fingerprint density at radius 3 is 0.389 bits per heavy atom. The monoisotopic (exact) mass is 1090 g/mol. The Balaban J connectivity index is 0.000000124. The van der Waals surface area contributed by atoms with Gasteiger partial charge in [-0.15, -0.1) is 0 Å². The summed E-state index contributed by atoms with van der Waals surface area (Å²) in [6.07, 6.45) is 4.30. The molecule has 12 heteroatoms. The van der Waals surface area contributed by atoms with Crippen molar-refractivity contribution in [2.75, 3.05) is 37.0 Å². The molecule has 0 amide bonds. The van der Waals surface area contributed by atoms with Crippen LogP contribution in [0.25, 0.3) is 0 Å². The van der Waals surface area contributed by atoms with E-state index in [4.69, 9.17) is 0 Å². The van der Waals surface area contributed by atoms with Gasteiger partial charge in [-0.25, -0.2) is 0 Å². The smallest absolute Gasteiger partial charge is 0.141 e. The van der Waals surface area contributed by atoms with Gasteiger partial charge in [0.05, 0.1) is 0 Å². The molecule has 390 valence electrons. The van der Waals surface area contributed by atoms with Crippen LogP contribution in [-0.4, -0.2) is 37.0 Å². The molecule has 0 aliphatic carbocycles. The molecule has 0 saturated heterocycles. The van der Waals surface area contributed by atoms with Gasteiger partial charge in [0, 0.05) is 101 Å². The second-order valence-corrected chi connectivity index (χ2v) is 44.0. The summed E-state index contributed by atoms with van der Waals surface area (Å²) in [5.41, 5.74) is 14.4. The van der Waals surface area contributed by atoms with Gasteiger partial charge in [-0.1, -0.05) is 108 Å². The van der Waals surface area contributed by atoms with E-state index in [9.17, 15) is 27.4 Å². The van der Waals surface area contributed by atoms with Crippen LogP contribution in [0.2, 0.25) is 0 Å². The maximum absolute atomic E-state index is 14.1. The molecule has 0 aromatic heterocycles. The first-order valence-electron chi connectivity index (χ1n) is 26.5. The highest BCUT2D eigenvalue weighted by Gasteiger charge is 2.67. The van der Waals surface area contributed by atoms with E-state index in [1.807, 2.05) is 41.5 Å². The van der Waals surface area contributed by atoms with Crippen LogP contribution in [0.3, 0.4) is 0 Å². The van der Waals surface area contributed by atoms with Crippen LogP contribution in [0, 0.1) is 32.5 Å². The molecule has 0 radical (unpaired) electrons. The Labute approximate surface area is 434 Å². The molecule has 12 bridgehead atoms. The van der Waals surface area contributed by atoms with Crippen LogP contribution in [0.4, 0.5) is 0 Å². The lowest BCUT2D eigenvalue weighted by atomic mass is 9.76. The Kier molecular flexibility index (Phi) is 10.9. The molecule has 6 nitrogen and oxygen atoms in total. The van der Waals surface area contributed by atoms with Crippen LogP contribution >= 0.6 is 42.9 Å². The molecule has 0 aromatic rings. The molecular formula is C60H84O6P6. The van der Waals surface area contributed by atoms with Gasteiger partial charge in [-0.05, 0) is 157 Å². The molecule has 72 heavy (non-hydrogen) atoms. The summed E-state index contributed by atoms with van der Waals surface area (Å²) in [6.45, 7) is 51.2. The van der Waals surface area contributed by atoms with E-state index < -0.39 is 42.9 Å². The Morgan fingerprint density at radius 2 is 0.306 bits per heavy atom. The highest BCUT2D eigenvalue weighted by atomic mass is 31.2. The molecule has 12 aliphatic rings. The fourth-order valence-electron chi connectivity index (χ4n) is 17.3. The Morgan fingerprint density at radius 1 is 0.208 bits per heavy atom. The summed E-state index contributed by atoms with van der Waals surface area (Å²) in [5, 5.41) is 12.5. The SMILES string of the molecule is CC1=C(C)[P@@]2(=O)C[C@]1(C)C(C)=C2C1=C(C)[C@@]2(C)C[P@]1(=O)C(C)=C2C.CC1=C(C)[P@]2(=O)C[C@@]1(C)C(C)=C2C1=C(C)[C@@]2(C)C[P@]1(=O)C(C)=C2C.CC1=C(C)[P@]2(=O)C[C@@]1(C)C(C)=C2C1=C(C)[C@]2(C)C[P@@]1(=O)C(C)=C2C. The molecule has 0 unspecified atom stereocenters. The maximum atomic E-state index is 14.1. The van der Waals surface area contributed by atoms with E-state index in [1.165, 1.54) is 66.9 Å². The van der Waals surface area contributed by atoms with E-state index in [0.29, 0.717) is 37.0 Å². The van der Waals surface area contributed by atoms with Crippen molar-refractivity contribution in [3.05, 3.63) is 131 Å². The normalized spacial score (nSPS) is 47.2. The van der Waals surface area contributed by atoms with E-state index in [-0.39, 0.29) is 32.5 Å². The topological polar surface area (TPSA) is 102 Å². The van der Waals surface area contributed by atoms with Gasteiger partial charge in [0.15, 0.2) is 0 Å². The van der Waals surface area contributed by atoms with Crippen molar-refractivity contribution in [2.45, 2.75) is 166 Å². The minimum absolute atomic E-state index is 0.0993. The number of allylic oxidation sites excluding steroid dienone is 24. The van der Waals surface area contributed by atoms with E-state index in [1.54, 1.807) is 0 Å². The lowest BCUT2D eigenvalue weighted by Crippen LogP contribution is -2.19. The van der Waals surface area contributed by atoms with Gasteiger partial charge < -0.3 is 27.4 Å². The minimum Gasteiger partial charge on any atom is -0.314 e. The summed E-state index contributed by atoms with van der Waals surface area (Å²) >= 11 is 0. The molecule has 0 aromatic carbocycles. The van der Waals surface area contributed by atoms with Gasteiger partial charge in [0.25, 0.3) is 0 Å². The van der Waals surface area contributed by atoms with Crippen molar-refractivity contribution in [2.24, 2.45) is 32.5 Å². The highest BCUT2D eigenvalue weighted by molar-refractivity contribution is 7.80. The summed E-state index contributed by atoms with van der Waals surface area (Å²) in [7, 11) is -15.5. The predicted octanol–water partition coefficient (Wildman–Crippen LogP) is 20.7. The summed E-state index contributed by atoms with van der Waals surface area (Å²) in [6, 6.07) is 0. The van der Waals surface area contributed by atoms with Crippen LogP contribution in [0.15, 0.2) is 131 Å². The standard InChI is InChI=1S/3C20H28O2P2/c3*1-11-15(5)23(21)9-19(11,7)13(3)17(23)18-14(4)20(8)10-24(18,22)16(6)12(20)2/h3*9-10H2,1-8H3/t19-,20+,23-,24+;2*19-,20-,23-,24-/m.10/s1. The molecular weight excluding hydrogens is 1000 g/mol. The second kappa shape index (κ2) is 14.7. The molecule has 12 rings (SSSR count). The number of hydrogen-bond donors (Lipinski definition) is 0. The van der Waals surface area contributed by atoms with E-state index in [0.717, 1.165) is 63.8 Å². The highest BCUT2D eigenvalue weighted by Crippen LogP contribution is 2.91. The number of rotatable bonds is 3. The fourth-order valence-corrected chi connectivity index (χ4v) is 45.3. The molecule has 0 fully saturated rings. The van der Waals surface area contributed by atoms with Gasteiger partial charge in [0.2, 0.25) is 0 Å². The summed E-state index contributed by atoms with van der Waals surface area (Å²) in [4.78, 5) is 0. The second-order valence-electron chi connectivity index (χ2n) is 26.5. The summed E-state index contributed by atoms with van der Waals surface area (Å²) < 4.78 is 84.4. The Bertz CT molecular complexity index is 3010. The zero-order valence-electron chi connectivity index (χ0n) is 48.4. The third-order valence-electron chi connectivity index (χ3n) is 24.6. The van der Waals surface area contributed by atoms with E-state index in [2.05, 4.69) is 125 Å². The van der Waals surface area contributed by atoms with Crippen molar-refractivity contribution in [3.63, 3.8) is 0 Å². The van der Waals surface area contributed by atoms with Gasteiger partial charge in [-0.3, -0.25) is 0 Å². The minimum atomic E-state index is -2.58. The first-order chi connectivity index (χ1) is 32.6. The lowest BCUT2D eigenvalue weighted by Gasteiger charge is -2.32. The van der Waals surface area contributed by atoms with Crippen LogP contribution in [0.1, 0.15) is 166 Å². The average Bonchev–Trinajstić information content (AvgIpc) is 4.14. The zero-order valence-corrected chi connectivity index (χ0v) is 53.7. The van der Waals surface area contributed by atoms with Gasteiger partial charge >= 0.3 is 0 Å². The van der Waals surface area contributed by atoms with E-state index >= 15 is 0 Å². The van der Waals surface area contributed by atoms with Crippen molar-refractivity contribution in [1.29, 1.82) is 0 Å². The fraction of sp³-hybridized carbons (Fsp3) is 0.600. The largest absolute Gasteiger partial charge is 0.314 e. The molecule has 12 aliphatic heterocycles. The van der Waals surface area contributed by atoms with Crippen LogP contribution < -0.4 is 0 Å². The van der Waals surface area contributed by atoms with Crippen molar-refractivity contribution < 1.29 is 27.4 Å².